The summed E-state index contributed by atoms with van der Waals surface area (Å²) in [6.45, 7) is 0.868. The van der Waals surface area contributed by atoms with Gasteiger partial charge in [-0.1, -0.05) is 18.2 Å². The van der Waals surface area contributed by atoms with Gasteiger partial charge in [-0.05, 0) is 11.6 Å². The Morgan fingerprint density at radius 2 is 2.28 bits per heavy atom. The van der Waals surface area contributed by atoms with Crippen LogP contribution >= 0.6 is 0 Å². The van der Waals surface area contributed by atoms with Gasteiger partial charge in [0.05, 0.1) is 13.0 Å². The van der Waals surface area contributed by atoms with Crippen LogP contribution in [0.15, 0.2) is 24.3 Å². The first-order chi connectivity index (χ1) is 8.59. The fourth-order valence-corrected chi connectivity index (χ4v) is 1.88. The fraction of sp³-hybridized carbons (Fsp3) is 0.462. The van der Waals surface area contributed by atoms with Gasteiger partial charge in [-0.25, -0.2) is 4.39 Å². The highest BCUT2D eigenvalue weighted by molar-refractivity contribution is 5.78. The van der Waals surface area contributed by atoms with Gasteiger partial charge in [-0.2, -0.15) is 0 Å². The summed E-state index contributed by atoms with van der Waals surface area (Å²) in [5.41, 5.74) is -0.630. The highest BCUT2D eigenvalue weighted by atomic mass is 19.1. The quantitative estimate of drug-likeness (QED) is 0.827. The van der Waals surface area contributed by atoms with Crippen molar-refractivity contribution in [2.24, 2.45) is 0 Å². The molecule has 98 valence electrons. The van der Waals surface area contributed by atoms with Gasteiger partial charge in [0, 0.05) is 19.6 Å². The van der Waals surface area contributed by atoms with E-state index in [1.54, 1.807) is 18.2 Å². The topological polar surface area (TPSA) is 58.6 Å². The summed E-state index contributed by atoms with van der Waals surface area (Å²) < 4.78 is 18.4. The van der Waals surface area contributed by atoms with Gasteiger partial charge in [-0.3, -0.25) is 4.79 Å². The number of ether oxygens (including phenoxy) is 1. The Morgan fingerprint density at radius 1 is 1.50 bits per heavy atom. The van der Waals surface area contributed by atoms with Gasteiger partial charge in [0.1, 0.15) is 11.4 Å². The summed E-state index contributed by atoms with van der Waals surface area (Å²) in [5, 5.41) is 12.6. The number of hydrogen-bond donors (Lipinski definition) is 2. The van der Waals surface area contributed by atoms with E-state index in [-0.39, 0.29) is 25.5 Å². The molecule has 1 heterocycles. The first-order valence-corrected chi connectivity index (χ1v) is 5.89. The zero-order valence-electron chi connectivity index (χ0n) is 9.99. The molecular formula is C13H16FNO3. The minimum Gasteiger partial charge on any atom is -0.386 e. The summed E-state index contributed by atoms with van der Waals surface area (Å²) >= 11 is 0. The predicted octanol–water partition coefficient (Wildman–Crippen LogP) is 0.636. The van der Waals surface area contributed by atoms with Crippen molar-refractivity contribution in [3.8, 4) is 0 Å². The summed E-state index contributed by atoms with van der Waals surface area (Å²) in [5.74, 6) is -0.698. The third kappa shape index (κ3) is 3.27. The summed E-state index contributed by atoms with van der Waals surface area (Å²) in [4.78, 5) is 11.6. The van der Waals surface area contributed by atoms with Crippen LogP contribution in [0.5, 0.6) is 0 Å². The normalized spacial score (nSPS) is 23.0. The lowest BCUT2D eigenvalue weighted by Crippen LogP contribution is -2.43. The molecule has 0 radical (unpaired) electrons. The van der Waals surface area contributed by atoms with Crippen LogP contribution in [-0.2, 0) is 16.0 Å². The smallest absolute Gasteiger partial charge is 0.224 e. The van der Waals surface area contributed by atoms with Crippen LogP contribution in [0.25, 0.3) is 0 Å². The Hall–Kier alpha value is -1.46. The van der Waals surface area contributed by atoms with Gasteiger partial charge >= 0.3 is 0 Å². The second-order valence-corrected chi connectivity index (χ2v) is 4.57. The monoisotopic (exact) mass is 253 g/mol. The van der Waals surface area contributed by atoms with E-state index in [1.165, 1.54) is 6.07 Å². The number of rotatable bonds is 4. The Morgan fingerprint density at radius 3 is 2.94 bits per heavy atom. The molecule has 1 aliphatic rings. The molecule has 4 nitrogen and oxygen atoms in total. The second-order valence-electron chi connectivity index (χ2n) is 4.57. The van der Waals surface area contributed by atoms with Crippen molar-refractivity contribution < 1.29 is 19.0 Å². The van der Waals surface area contributed by atoms with E-state index in [4.69, 9.17) is 4.74 Å². The number of amides is 1. The first kappa shape index (κ1) is 13.0. The Labute approximate surface area is 105 Å². The van der Waals surface area contributed by atoms with E-state index >= 15 is 0 Å². The third-order valence-electron chi connectivity index (χ3n) is 3.01. The molecule has 18 heavy (non-hydrogen) atoms. The van der Waals surface area contributed by atoms with Gasteiger partial charge < -0.3 is 15.2 Å². The van der Waals surface area contributed by atoms with Crippen molar-refractivity contribution in [1.29, 1.82) is 0 Å². The molecule has 1 aliphatic heterocycles. The van der Waals surface area contributed by atoms with Crippen molar-refractivity contribution >= 4 is 5.91 Å². The number of carbonyl (C=O) groups excluding carboxylic acids is 1. The van der Waals surface area contributed by atoms with Crippen molar-refractivity contribution in [1.82, 2.24) is 5.32 Å². The lowest BCUT2D eigenvalue weighted by molar-refractivity contribution is -0.121. The highest BCUT2D eigenvalue weighted by Gasteiger charge is 2.32. The number of nitrogens with one attached hydrogen (secondary N) is 1. The van der Waals surface area contributed by atoms with E-state index in [1.807, 2.05) is 0 Å². The predicted molar refractivity (Wildman–Crippen MR) is 63.5 cm³/mol. The minimum absolute atomic E-state index is 0.0242. The van der Waals surface area contributed by atoms with Crippen LogP contribution < -0.4 is 5.32 Å². The van der Waals surface area contributed by atoms with E-state index in [0.29, 0.717) is 18.6 Å². The number of hydrogen-bond acceptors (Lipinski definition) is 3. The number of benzene rings is 1. The zero-order valence-corrected chi connectivity index (χ0v) is 9.99. The van der Waals surface area contributed by atoms with Crippen molar-refractivity contribution in [2.45, 2.75) is 18.4 Å². The number of aliphatic hydroxyl groups is 1. The average molecular weight is 253 g/mol. The van der Waals surface area contributed by atoms with E-state index < -0.39 is 11.4 Å². The van der Waals surface area contributed by atoms with Crippen LogP contribution in [-0.4, -0.2) is 36.4 Å². The molecule has 2 rings (SSSR count). The second kappa shape index (κ2) is 5.46. The third-order valence-corrected chi connectivity index (χ3v) is 3.01. The van der Waals surface area contributed by atoms with E-state index in [9.17, 15) is 14.3 Å². The van der Waals surface area contributed by atoms with Gasteiger partial charge in [-0.15, -0.1) is 0 Å². The molecule has 0 aliphatic carbocycles. The molecular weight excluding hydrogens is 237 g/mol. The molecule has 1 fully saturated rings. The molecule has 1 atom stereocenters. The summed E-state index contributed by atoms with van der Waals surface area (Å²) in [6.07, 6.45) is 0.483. The zero-order chi connectivity index (χ0) is 13.0. The highest BCUT2D eigenvalue weighted by Crippen LogP contribution is 2.17. The first-order valence-electron chi connectivity index (χ1n) is 5.89. The average Bonchev–Trinajstić information content (AvgIpc) is 2.77. The standard InChI is InChI=1S/C13H16FNO3/c14-11-4-2-1-3-10(11)7-12(16)15-8-13(17)5-6-18-9-13/h1-4,17H,5-9H2,(H,15,16)/t13-/m0/s1. The molecule has 1 amide bonds. The molecule has 1 saturated heterocycles. The maximum absolute atomic E-state index is 13.3. The van der Waals surface area contributed by atoms with Crippen molar-refractivity contribution in [3.05, 3.63) is 35.6 Å². The van der Waals surface area contributed by atoms with Gasteiger partial charge in [0.15, 0.2) is 0 Å². The largest absolute Gasteiger partial charge is 0.386 e. The number of carbonyl (C=O) groups is 1. The molecule has 0 bridgehead atoms. The summed E-state index contributed by atoms with van der Waals surface area (Å²) in [7, 11) is 0. The van der Waals surface area contributed by atoms with Crippen LogP contribution in [0, 0.1) is 5.82 Å². The molecule has 0 spiro atoms. The molecule has 1 aromatic carbocycles. The van der Waals surface area contributed by atoms with Crippen LogP contribution in [0.1, 0.15) is 12.0 Å². The lowest BCUT2D eigenvalue weighted by atomic mass is 10.0. The van der Waals surface area contributed by atoms with Crippen molar-refractivity contribution in [2.75, 3.05) is 19.8 Å². The summed E-state index contributed by atoms with van der Waals surface area (Å²) in [6, 6.07) is 6.16. The Bertz CT molecular complexity index is 430. The molecule has 0 saturated carbocycles. The minimum atomic E-state index is -0.981. The van der Waals surface area contributed by atoms with Crippen LogP contribution in [0.3, 0.4) is 0 Å². The van der Waals surface area contributed by atoms with Gasteiger partial charge in [0.2, 0.25) is 5.91 Å². The molecule has 2 N–H and O–H groups in total. The van der Waals surface area contributed by atoms with E-state index in [2.05, 4.69) is 5.32 Å². The molecule has 5 heteroatoms. The van der Waals surface area contributed by atoms with Crippen LogP contribution in [0.2, 0.25) is 0 Å². The Kier molecular flexibility index (Phi) is 3.93. The van der Waals surface area contributed by atoms with Crippen LogP contribution in [0.4, 0.5) is 4.39 Å². The SMILES string of the molecule is O=C(Cc1ccccc1F)NC[C@@]1(O)CCOC1. The molecule has 0 aromatic heterocycles. The molecule has 0 unspecified atom stereocenters. The fourth-order valence-electron chi connectivity index (χ4n) is 1.88. The maximum atomic E-state index is 13.3. The molecule has 1 aromatic rings. The van der Waals surface area contributed by atoms with Crippen molar-refractivity contribution in [3.63, 3.8) is 0 Å². The maximum Gasteiger partial charge on any atom is 0.224 e. The number of halogens is 1. The lowest BCUT2D eigenvalue weighted by Gasteiger charge is -2.20. The Balaban J connectivity index is 1.84. The van der Waals surface area contributed by atoms with Gasteiger partial charge in [0.25, 0.3) is 0 Å². The van der Waals surface area contributed by atoms with E-state index in [0.717, 1.165) is 0 Å².